The van der Waals surface area contributed by atoms with Crippen LogP contribution in [0.1, 0.15) is 0 Å². The average molecular weight is 455 g/mol. The number of hydrogen-bond acceptors (Lipinski definition) is 4. The van der Waals surface area contributed by atoms with Gasteiger partial charge in [-0.15, -0.1) is 0 Å². The Labute approximate surface area is 174 Å². The van der Waals surface area contributed by atoms with E-state index in [1.54, 1.807) is 30.3 Å². The molecule has 0 atom stereocenters. The van der Waals surface area contributed by atoms with Crippen LogP contribution in [0.3, 0.4) is 0 Å². The van der Waals surface area contributed by atoms with Crippen molar-refractivity contribution in [3.63, 3.8) is 0 Å². The third kappa shape index (κ3) is 3.54. The number of amides is 1. The zero-order chi connectivity index (χ0) is 20.8. The number of thioether (sulfide) groups is 1. The minimum Gasteiger partial charge on any atom is -0.323 e. The third-order valence-corrected chi connectivity index (χ3v) is 7.50. The van der Waals surface area contributed by atoms with E-state index in [2.05, 4.69) is 5.32 Å². The third-order valence-electron chi connectivity index (χ3n) is 4.42. The fourth-order valence-electron chi connectivity index (χ4n) is 3.26. The quantitative estimate of drug-likeness (QED) is 0.553. The molecule has 0 unspecified atom stereocenters. The number of hydrogen-bond donors (Lipinski definition) is 1. The van der Waals surface area contributed by atoms with E-state index in [0.29, 0.717) is 11.1 Å². The normalized spacial score (nSPS) is 14.6. The van der Waals surface area contributed by atoms with E-state index in [4.69, 9.17) is 11.6 Å². The Hall–Kier alpha value is -2.36. The SMILES string of the molecule is O=C(CN1c2cccc3cccc(c23)S1(=O)=O)Nc1cccc(Cl)c1SC(F)F. The van der Waals surface area contributed by atoms with Crippen LogP contribution in [-0.2, 0) is 14.8 Å². The predicted octanol–water partition coefficient (Wildman–Crippen LogP) is 4.96. The van der Waals surface area contributed by atoms with Gasteiger partial charge in [0.15, 0.2) is 0 Å². The van der Waals surface area contributed by atoms with E-state index in [0.717, 1.165) is 9.69 Å². The molecule has 0 fully saturated rings. The predicted molar refractivity (Wildman–Crippen MR) is 110 cm³/mol. The van der Waals surface area contributed by atoms with Crippen LogP contribution in [0.2, 0.25) is 5.02 Å². The van der Waals surface area contributed by atoms with Gasteiger partial charge in [0.2, 0.25) is 5.91 Å². The highest BCUT2D eigenvalue weighted by atomic mass is 35.5. The maximum Gasteiger partial charge on any atom is 0.289 e. The summed E-state index contributed by atoms with van der Waals surface area (Å²) in [4.78, 5) is 12.8. The van der Waals surface area contributed by atoms with Crippen molar-refractivity contribution in [3.05, 3.63) is 59.6 Å². The second-order valence-corrected chi connectivity index (χ2v) is 9.42. The Kier molecular flexibility index (Phi) is 5.14. The van der Waals surface area contributed by atoms with Crippen LogP contribution < -0.4 is 9.62 Å². The maximum absolute atomic E-state index is 12.9. The van der Waals surface area contributed by atoms with Crippen LogP contribution in [0.15, 0.2) is 64.4 Å². The average Bonchev–Trinajstić information content (AvgIpc) is 2.88. The molecular weight excluding hydrogens is 442 g/mol. The zero-order valence-electron chi connectivity index (χ0n) is 14.6. The Bertz CT molecular complexity index is 1230. The highest BCUT2D eigenvalue weighted by Gasteiger charge is 2.36. The molecule has 150 valence electrons. The first kappa shape index (κ1) is 19.9. The molecule has 3 aromatic carbocycles. The van der Waals surface area contributed by atoms with E-state index >= 15 is 0 Å². The summed E-state index contributed by atoms with van der Waals surface area (Å²) in [6, 6.07) is 14.4. The van der Waals surface area contributed by atoms with E-state index in [1.807, 2.05) is 0 Å². The highest BCUT2D eigenvalue weighted by molar-refractivity contribution is 7.99. The van der Waals surface area contributed by atoms with Crippen molar-refractivity contribution >= 4 is 61.4 Å². The van der Waals surface area contributed by atoms with Gasteiger partial charge in [-0.3, -0.25) is 9.10 Å². The summed E-state index contributed by atoms with van der Waals surface area (Å²) in [6.07, 6.45) is 0. The Morgan fingerprint density at radius 3 is 2.52 bits per heavy atom. The van der Waals surface area contributed by atoms with E-state index < -0.39 is 28.2 Å². The molecule has 29 heavy (non-hydrogen) atoms. The molecule has 0 aliphatic carbocycles. The van der Waals surface area contributed by atoms with Gasteiger partial charge in [0, 0.05) is 5.39 Å². The number of benzene rings is 3. The molecule has 1 amide bonds. The molecule has 0 spiro atoms. The van der Waals surface area contributed by atoms with Gasteiger partial charge in [-0.1, -0.05) is 53.7 Å². The van der Waals surface area contributed by atoms with Gasteiger partial charge in [-0.05, 0) is 29.7 Å². The molecule has 0 bridgehead atoms. The molecule has 5 nitrogen and oxygen atoms in total. The van der Waals surface area contributed by atoms with Crippen LogP contribution in [-0.4, -0.2) is 26.6 Å². The number of carbonyl (C=O) groups excluding carboxylic acids is 1. The minimum absolute atomic E-state index is 0.0205. The molecule has 1 heterocycles. The van der Waals surface area contributed by atoms with Crippen molar-refractivity contribution in [3.8, 4) is 0 Å². The summed E-state index contributed by atoms with van der Waals surface area (Å²) >= 11 is 6.19. The topological polar surface area (TPSA) is 66.5 Å². The lowest BCUT2D eigenvalue weighted by Crippen LogP contribution is -2.35. The van der Waals surface area contributed by atoms with Crippen molar-refractivity contribution in [1.82, 2.24) is 0 Å². The van der Waals surface area contributed by atoms with Crippen LogP contribution in [0, 0.1) is 0 Å². The van der Waals surface area contributed by atoms with Crippen LogP contribution in [0.4, 0.5) is 20.2 Å². The van der Waals surface area contributed by atoms with Crippen LogP contribution in [0.25, 0.3) is 10.8 Å². The van der Waals surface area contributed by atoms with Gasteiger partial charge in [-0.2, -0.15) is 8.78 Å². The standard InChI is InChI=1S/C19H13ClF2N2O3S2/c20-12-6-3-7-13(18(12)28-19(21)22)23-16(25)10-24-14-8-1-4-11-5-2-9-15(17(11)14)29(24,26)27/h1-9,19H,10H2,(H,23,25). The lowest BCUT2D eigenvalue weighted by Gasteiger charge is -2.19. The van der Waals surface area contributed by atoms with Gasteiger partial charge >= 0.3 is 0 Å². The first-order chi connectivity index (χ1) is 13.8. The molecule has 0 saturated heterocycles. The molecule has 1 N–H and O–H groups in total. The monoisotopic (exact) mass is 454 g/mol. The fraction of sp³-hybridized carbons (Fsp3) is 0.105. The molecule has 10 heteroatoms. The second kappa shape index (κ2) is 7.47. The maximum atomic E-state index is 12.9. The number of nitrogens with one attached hydrogen (secondary N) is 1. The van der Waals surface area contributed by atoms with Crippen molar-refractivity contribution in [2.24, 2.45) is 0 Å². The summed E-state index contributed by atoms with van der Waals surface area (Å²) in [7, 11) is -3.90. The summed E-state index contributed by atoms with van der Waals surface area (Å²) in [5.41, 5.74) is 0.502. The molecule has 0 saturated carbocycles. The van der Waals surface area contributed by atoms with Gasteiger partial charge in [0.05, 0.1) is 26.2 Å². The Morgan fingerprint density at radius 1 is 1.10 bits per heavy atom. The summed E-state index contributed by atoms with van der Waals surface area (Å²) < 4.78 is 52.6. The van der Waals surface area contributed by atoms with Gasteiger partial charge in [0.25, 0.3) is 15.8 Å². The molecular formula is C19H13ClF2N2O3S2. The van der Waals surface area contributed by atoms with Gasteiger partial charge < -0.3 is 5.32 Å². The zero-order valence-corrected chi connectivity index (χ0v) is 17.0. The van der Waals surface area contributed by atoms with Crippen LogP contribution >= 0.6 is 23.4 Å². The molecule has 3 aromatic rings. The van der Waals surface area contributed by atoms with Crippen molar-refractivity contribution in [2.75, 3.05) is 16.2 Å². The van der Waals surface area contributed by atoms with Gasteiger partial charge in [0.1, 0.15) is 6.54 Å². The highest BCUT2D eigenvalue weighted by Crippen LogP contribution is 2.42. The molecule has 1 aliphatic heterocycles. The summed E-state index contributed by atoms with van der Waals surface area (Å²) in [5, 5.41) is 3.87. The summed E-state index contributed by atoms with van der Waals surface area (Å²) in [5.74, 6) is -3.40. The first-order valence-electron chi connectivity index (χ1n) is 8.36. The molecule has 0 radical (unpaired) electrons. The number of halogens is 3. The number of anilines is 2. The number of sulfonamides is 1. The van der Waals surface area contributed by atoms with Crippen LogP contribution in [0.5, 0.6) is 0 Å². The van der Waals surface area contributed by atoms with E-state index in [1.165, 1.54) is 24.3 Å². The number of nitrogens with zero attached hydrogens (tertiary/aromatic N) is 1. The van der Waals surface area contributed by atoms with Gasteiger partial charge in [-0.25, -0.2) is 8.42 Å². The molecule has 0 aromatic heterocycles. The fourth-order valence-corrected chi connectivity index (χ4v) is 5.84. The lowest BCUT2D eigenvalue weighted by molar-refractivity contribution is -0.114. The van der Waals surface area contributed by atoms with Crippen molar-refractivity contribution in [2.45, 2.75) is 15.5 Å². The van der Waals surface area contributed by atoms with E-state index in [-0.39, 0.29) is 32.3 Å². The Morgan fingerprint density at radius 2 is 1.79 bits per heavy atom. The lowest BCUT2D eigenvalue weighted by atomic mass is 10.1. The largest absolute Gasteiger partial charge is 0.323 e. The minimum atomic E-state index is -3.90. The first-order valence-corrected chi connectivity index (χ1v) is 11.1. The second-order valence-electron chi connectivity index (χ2n) is 6.19. The number of rotatable bonds is 5. The van der Waals surface area contributed by atoms with E-state index in [9.17, 15) is 22.0 Å². The molecule has 1 aliphatic rings. The number of carbonyl (C=O) groups is 1. The van der Waals surface area contributed by atoms with Crippen molar-refractivity contribution in [1.29, 1.82) is 0 Å². The smallest absolute Gasteiger partial charge is 0.289 e. The Balaban J connectivity index is 1.64. The summed E-state index contributed by atoms with van der Waals surface area (Å²) in [6.45, 7) is -0.499. The molecule has 4 rings (SSSR count). The van der Waals surface area contributed by atoms with Crippen molar-refractivity contribution < 1.29 is 22.0 Å². The number of alkyl halides is 2.